The van der Waals surface area contributed by atoms with Gasteiger partial charge in [-0.05, 0) is 48.4 Å². The minimum atomic E-state index is 0.110. The first-order valence-corrected chi connectivity index (χ1v) is 15.2. The minimum Gasteiger partial charge on any atom is -0.361 e. The number of fused-ring (bicyclic) bond motifs is 4. The monoisotopic (exact) mass is 590 g/mol. The van der Waals surface area contributed by atoms with Gasteiger partial charge in [0.2, 0.25) is 0 Å². The Morgan fingerprint density at radius 2 is 0.978 bits per heavy atom. The first-order valence-electron chi connectivity index (χ1n) is 15.2. The summed E-state index contributed by atoms with van der Waals surface area (Å²) in [5.41, 5.74) is 11.3. The van der Waals surface area contributed by atoms with Crippen LogP contribution in [0.4, 0.5) is 0 Å². The highest BCUT2D eigenvalue weighted by Gasteiger charge is 2.21. The molecule has 0 aliphatic carbocycles. The van der Waals surface area contributed by atoms with E-state index in [1.54, 1.807) is 0 Å². The van der Waals surface area contributed by atoms with E-state index in [2.05, 4.69) is 70.2 Å². The van der Waals surface area contributed by atoms with Gasteiger partial charge in [-0.3, -0.25) is 9.59 Å². The molecule has 6 nitrogen and oxygen atoms in total. The lowest BCUT2D eigenvalue weighted by Crippen LogP contribution is -1.99. The molecule has 2 atom stereocenters. The number of nitrogens with one attached hydrogen (secondary N) is 4. The van der Waals surface area contributed by atoms with E-state index in [1.807, 2.05) is 73.9 Å². The number of hydrogen-bond acceptors (Lipinski definition) is 2. The number of H-pyrrole nitrogens is 4. The molecular weight excluding hydrogens is 556 g/mol. The van der Waals surface area contributed by atoms with Gasteiger partial charge in [0, 0.05) is 90.4 Å². The van der Waals surface area contributed by atoms with Gasteiger partial charge in [0.25, 0.3) is 0 Å². The molecule has 0 radical (unpaired) electrons. The van der Waals surface area contributed by atoms with Gasteiger partial charge >= 0.3 is 0 Å². The Balaban J connectivity index is 0.000000145. The van der Waals surface area contributed by atoms with E-state index in [1.165, 1.54) is 21.9 Å². The summed E-state index contributed by atoms with van der Waals surface area (Å²) >= 11 is 0. The second kappa shape index (κ2) is 11.5. The number of carbonyl (C=O) groups excluding carboxylic acids is 2. The predicted octanol–water partition coefficient (Wildman–Crippen LogP) is 9.54. The predicted molar refractivity (Wildman–Crippen MR) is 184 cm³/mol. The highest BCUT2D eigenvalue weighted by atomic mass is 16.1. The molecule has 6 heteroatoms. The number of hydrogen-bond donors (Lipinski definition) is 4. The van der Waals surface area contributed by atoms with Crippen LogP contribution in [-0.4, -0.2) is 32.5 Å². The summed E-state index contributed by atoms with van der Waals surface area (Å²) in [5.74, 6) is 0.225. The lowest BCUT2D eigenvalue weighted by Gasteiger charge is -2.10. The molecule has 0 saturated carbocycles. The van der Waals surface area contributed by atoms with Crippen molar-refractivity contribution in [3.05, 3.63) is 143 Å². The molecule has 222 valence electrons. The summed E-state index contributed by atoms with van der Waals surface area (Å²) in [7, 11) is 0. The normalized spacial score (nSPS) is 12.8. The molecule has 0 saturated heterocycles. The average Bonchev–Trinajstić information content (AvgIpc) is 3.86. The van der Waals surface area contributed by atoms with Gasteiger partial charge in [0.15, 0.2) is 12.6 Å². The molecule has 8 rings (SSSR count). The van der Waals surface area contributed by atoms with Gasteiger partial charge in [-0.15, -0.1) is 0 Å². The average molecular weight is 591 g/mol. The quantitative estimate of drug-likeness (QED) is 0.145. The van der Waals surface area contributed by atoms with Gasteiger partial charge in [-0.2, -0.15) is 0 Å². The maximum atomic E-state index is 11.7. The Morgan fingerprint density at radius 1 is 0.533 bits per heavy atom. The fourth-order valence-corrected chi connectivity index (χ4v) is 6.68. The maximum Gasteiger partial charge on any atom is 0.152 e. The van der Waals surface area contributed by atoms with Gasteiger partial charge in [-0.1, -0.05) is 80.1 Å². The molecule has 2 unspecified atom stereocenters. The molecule has 0 aliphatic rings. The topological polar surface area (TPSA) is 97.3 Å². The highest BCUT2D eigenvalue weighted by molar-refractivity contribution is 6.01. The first-order chi connectivity index (χ1) is 22.0. The smallest absolute Gasteiger partial charge is 0.152 e. The van der Waals surface area contributed by atoms with E-state index >= 15 is 0 Å². The van der Waals surface area contributed by atoms with Crippen LogP contribution in [-0.2, 0) is 0 Å². The second-order valence-corrected chi connectivity index (χ2v) is 11.8. The zero-order valence-corrected chi connectivity index (χ0v) is 25.4. The third-order valence-electron chi connectivity index (χ3n) is 9.08. The third-order valence-corrected chi connectivity index (χ3v) is 9.08. The van der Waals surface area contributed by atoms with E-state index in [9.17, 15) is 9.59 Å². The number of aromatic amines is 4. The number of aldehydes is 2. The molecule has 45 heavy (non-hydrogen) atoms. The summed E-state index contributed by atoms with van der Waals surface area (Å²) in [6.07, 6.45) is 6.01. The Morgan fingerprint density at radius 3 is 1.51 bits per heavy atom. The zero-order valence-electron chi connectivity index (χ0n) is 25.4. The molecule has 0 fully saturated rings. The van der Waals surface area contributed by atoms with E-state index in [0.717, 1.165) is 73.5 Å². The van der Waals surface area contributed by atoms with Crippen LogP contribution in [0.25, 0.3) is 43.6 Å². The molecule has 0 bridgehead atoms. The number of carbonyl (C=O) groups is 2. The van der Waals surface area contributed by atoms with Crippen molar-refractivity contribution in [2.75, 3.05) is 0 Å². The Hall–Kier alpha value is -5.62. The molecule has 4 heterocycles. The van der Waals surface area contributed by atoms with Crippen LogP contribution in [0.5, 0.6) is 0 Å². The Bertz CT molecular complexity index is 2330. The number of aromatic nitrogens is 4. The van der Waals surface area contributed by atoms with Crippen molar-refractivity contribution in [2.45, 2.75) is 32.6 Å². The van der Waals surface area contributed by atoms with Crippen LogP contribution in [0.2, 0.25) is 0 Å². The second-order valence-electron chi connectivity index (χ2n) is 11.8. The van der Waals surface area contributed by atoms with Crippen LogP contribution in [0.1, 0.15) is 74.5 Å². The molecular formula is C39H34N4O2. The van der Waals surface area contributed by atoms with Gasteiger partial charge < -0.3 is 19.9 Å². The molecule has 4 aromatic heterocycles. The number of para-hydroxylation sites is 3. The molecule has 4 aromatic carbocycles. The van der Waals surface area contributed by atoms with E-state index in [0.29, 0.717) is 0 Å². The molecule has 4 N–H and O–H groups in total. The van der Waals surface area contributed by atoms with Gasteiger partial charge in [0.05, 0.1) is 0 Å². The standard InChI is InChI=1S/C20H18N2O.C19H16N2O/c1-12-7-8-19-15(9-12)17(11-23)20(22-19)13(2)16-10-21-18-6-4-3-5-14(16)18;1-12(15-10-20-17-8-4-2-6-13(15)17)19-16(11-22)14-7-3-5-9-18(14)21-19/h3-11,13,21-22H,1-2H3;2-12,20-21H,1H3. The van der Waals surface area contributed by atoms with Crippen LogP contribution in [0, 0.1) is 6.92 Å². The fourth-order valence-electron chi connectivity index (χ4n) is 6.68. The van der Waals surface area contributed by atoms with Crippen molar-refractivity contribution >= 4 is 56.2 Å². The lowest BCUT2D eigenvalue weighted by atomic mass is 9.94. The van der Waals surface area contributed by atoms with E-state index in [4.69, 9.17) is 0 Å². The van der Waals surface area contributed by atoms with Gasteiger partial charge in [-0.25, -0.2) is 0 Å². The number of benzene rings is 4. The van der Waals surface area contributed by atoms with Crippen molar-refractivity contribution < 1.29 is 9.59 Å². The largest absolute Gasteiger partial charge is 0.361 e. The third kappa shape index (κ3) is 4.85. The summed E-state index contributed by atoms with van der Waals surface area (Å²) in [6.45, 7) is 6.32. The fraction of sp³-hybridized carbons (Fsp3) is 0.128. The first kappa shape index (κ1) is 28.2. The van der Waals surface area contributed by atoms with Crippen LogP contribution in [0.15, 0.2) is 103 Å². The number of rotatable bonds is 6. The molecule has 0 aliphatic heterocycles. The van der Waals surface area contributed by atoms with Crippen molar-refractivity contribution in [1.29, 1.82) is 0 Å². The summed E-state index contributed by atoms with van der Waals surface area (Å²) in [4.78, 5) is 36.8. The van der Waals surface area contributed by atoms with Crippen LogP contribution >= 0.6 is 0 Å². The van der Waals surface area contributed by atoms with E-state index < -0.39 is 0 Å². The summed E-state index contributed by atoms with van der Waals surface area (Å²) in [6, 6.07) is 30.6. The van der Waals surface area contributed by atoms with Crippen LogP contribution in [0.3, 0.4) is 0 Å². The Kier molecular flexibility index (Phi) is 7.18. The van der Waals surface area contributed by atoms with Crippen molar-refractivity contribution in [3.63, 3.8) is 0 Å². The van der Waals surface area contributed by atoms with Gasteiger partial charge in [0.1, 0.15) is 0 Å². The van der Waals surface area contributed by atoms with Crippen molar-refractivity contribution in [2.24, 2.45) is 0 Å². The molecule has 0 amide bonds. The minimum absolute atomic E-state index is 0.110. The van der Waals surface area contributed by atoms with Crippen molar-refractivity contribution in [3.8, 4) is 0 Å². The SMILES string of the molecule is CC(c1[nH]c2ccccc2c1C=O)c1c[nH]c2ccccc12.Cc1ccc2[nH]c(C(C)c3c[nH]c4ccccc34)c(C=O)c2c1. The summed E-state index contributed by atoms with van der Waals surface area (Å²) in [5, 5.41) is 4.39. The van der Waals surface area contributed by atoms with Crippen molar-refractivity contribution in [1.82, 2.24) is 19.9 Å². The number of aryl methyl sites for hydroxylation is 1. The highest BCUT2D eigenvalue weighted by Crippen LogP contribution is 2.35. The lowest BCUT2D eigenvalue weighted by molar-refractivity contribution is 0.111. The molecule has 8 aromatic rings. The molecule has 0 spiro atoms. The Labute approximate surface area is 260 Å². The summed E-state index contributed by atoms with van der Waals surface area (Å²) < 4.78 is 0. The van der Waals surface area contributed by atoms with Crippen LogP contribution < -0.4 is 0 Å². The zero-order chi connectivity index (χ0) is 31.1. The maximum absolute atomic E-state index is 11.7. The van der Waals surface area contributed by atoms with E-state index in [-0.39, 0.29) is 11.8 Å².